The van der Waals surface area contributed by atoms with E-state index >= 15 is 0 Å². The van der Waals surface area contributed by atoms with E-state index in [9.17, 15) is 18.4 Å². The maximum Gasteiger partial charge on any atom is 0.414 e. The number of rotatable bonds is 4. The third-order valence-electron chi connectivity index (χ3n) is 5.57. The molecule has 3 fully saturated rings. The zero-order chi connectivity index (χ0) is 20.5. The number of hydrogen-bond donors (Lipinski definition) is 1. The van der Waals surface area contributed by atoms with E-state index in [1.807, 2.05) is 0 Å². The number of ether oxygens (including phenoxy) is 1. The minimum Gasteiger partial charge on any atom is -0.442 e. The second-order valence-electron chi connectivity index (χ2n) is 7.56. The van der Waals surface area contributed by atoms with Crippen LogP contribution in [0.15, 0.2) is 12.1 Å². The van der Waals surface area contributed by atoms with Crippen molar-refractivity contribution in [3.05, 3.63) is 23.8 Å². The third-order valence-corrected chi connectivity index (χ3v) is 5.57. The summed E-state index contributed by atoms with van der Waals surface area (Å²) in [4.78, 5) is 26.1. The average molecular weight is 409 g/mol. The molecule has 3 aliphatic rings. The van der Waals surface area contributed by atoms with Crippen LogP contribution < -0.4 is 15.1 Å². The summed E-state index contributed by atoms with van der Waals surface area (Å²) in [6.45, 7) is 6.12. The highest BCUT2D eigenvalue weighted by Crippen LogP contribution is 2.31. The van der Waals surface area contributed by atoms with Gasteiger partial charge in [0.25, 0.3) is 0 Å². The third kappa shape index (κ3) is 4.13. The van der Waals surface area contributed by atoms with Gasteiger partial charge in [-0.1, -0.05) is 0 Å². The number of fused-ring (bicyclic) bond motifs is 1. The van der Waals surface area contributed by atoms with Crippen LogP contribution in [-0.4, -0.2) is 80.5 Å². The second kappa shape index (κ2) is 8.11. The van der Waals surface area contributed by atoms with E-state index in [2.05, 4.69) is 15.3 Å². The first kappa shape index (κ1) is 19.8. The summed E-state index contributed by atoms with van der Waals surface area (Å²) < 4.78 is 35.0. The van der Waals surface area contributed by atoms with Gasteiger partial charge in [-0.05, 0) is 6.42 Å². The fourth-order valence-electron chi connectivity index (χ4n) is 4.14. The molecule has 0 radical (unpaired) electrons. The van der Waals surface area contributed by atoms with Gasteiger partial charge in [-0.15, -0.1) is 0 Å². The van der Waals surface area contributed by atoms with Crippen molar-refractivity contribution in [1.29, 1.82) is 0 Å². The topological polar surface area (TPSA) is 68.4 Å². The van der Waals surface area contributed by atoms with E-state index < -0.39 is 23.8 Å². The standard InChI is InChI=1S/C19H25F2N5O3/c1-13(27)22-11-15-12-26(19(28)29-15)14-9-16(20)18(17(21)10-14)23-5-7-24-3-2-4-25(24)8-6-23/h9-10,15H,2-8,11-12H2,1H3,(H,22,27)/t15-/m0/s1. The Labute approximate surface area is 167 Å². The minimum absolute atomic E-state index is 0.0570. The molecule has 10 heteroatoms. The highest BCUT2D eigenvalue weighted by atomic mass is 19.1. The van der Waals surface area contributed by atoms with Gasteiger partial charge in [0.05, 0.1) is 18.8 Å². The first-order chi connectivity index (χ1) is 13.9. The van der Waals surface area contributed by atoms with Crippen molar-refractivity contribution >= 4 is 23.4 Å². The number of nitrogens with zero attached hydrogens (tertiary/aromatic N) is 4. The molecule has 1 aromatic carbocycles. The van der Waals surface area contributed by atoms with E-state index in [1.165, 1.54) is 24.0 Å². The molecular formula is C19H25F2N5O3. The van der Waals surface area contributed by atoms with Crippen LogP contribution in [0.3, 0.4) is 0 Å². The maximum atomic E-state index is 14.9. The normalized spacial score (nSPS) is 23.1. The van der Waals surface area contributed by atoms with E-state index in [4.69, 9.17) is 4.74 Å². The number of halogens is 2. The summed E-state index contributed by atoms with van der Waals surface area (Å²) in [5.74, 6) is -1.64. The Morgan fingerprint density at radius 3 is 2.31 bits per heavy atom. The molecule has 0 unspecified atom stereocenters. The first-order valence-electron chi connectivity index (χ1n) is 9.89. The number of amides is 2. The predicted octanol–water partition coefficient (Wildman–Crippen LogP) is 1.17. The predicted molar refractivity (Wildman–Crippen MR) is 103 cm³/mol. The molecule has 1 N–H and O–H groups in total. The lowest BCUT2D eigenvalue weighted by atomic mass is 10.2. The van der Waals surface area contributed by atoms with Crippen molar-refractivity contribution in [2.24, 2.45) is 0 Å². The molecule has 3 aliphatic heterocycles. The molecular weight excluding hydrogens is 384 g/mol. The lowest BCUT2D eigenvalue weighted by Gasteiger charge is -2.25. The number of carbonyl (C=O) groups is 2. The van der Waals surface area contributed by atoms with Crippen molar-refractivity contribution in [1.82, 2.24) is 15.3 Å². The number of cyclic esters (lactones) is 1. The Morgan fingerprint density at radius 1 is 1.10 bits per heavy atom. The van der Waals surface area contributed by atoms with Gasteiger partial charge in [0, 0.05) is 58.3 Å². The minimum atomic E-state index is -0.699. The van der Waals surface area contributed by atoms with Gasteiger partial charge in [0.1, 0.15) is 11.8 Å². The largest absolute Gasteiger partial charge is 0.442 e. The first-order valence-corrected chi connectivity index (χ1v) is 9.89. The Kier molecular flexibility index (Phi) is 5.55. The van der Waals surface area contributed by atoms with Crippen LogP contribution in [0.1, 0.15) is 13.3 Å². The summed E-state index contributed by atoms with van der Waals surface area (Å²) in [6, 6.07) is 2.35. The SMILES string of the molecule is CC(=O)NC[C@H]1CN(c2cc(F)c(N3CCN4CCCN4CC3)c(F)c2)C(=O)O1. The van der Waals surface area contributed by atoms with Crippen molar-refractivity contribution in [2.45, 2.75) is 19.4 Å². The maximum absolute atomic E-state index is 14.9. The molecule has 4 rings (SSSR count). The van der Waals surface area contributed by atoms with Gasteiger partial charge in [-0.25, -0.2) is 23.6 Å². The number of anilines is 2. The van der Waals surface area contributed by atoms with Crippen molar-refractivity contribution in [3.8, 4) is 0 Å². The Hall–Kier alpha value is -2.46. The molecule has 0 aliphatic carbocycles. The quantitative estimate of drug-likeness (QED) is 0.805. The van der Waals surface area contributed by atoms with Crippen molar-refractivity contribution in [2.75, 3.05) is 62.2 Å². The fourth-order valence-corrected chi connectivity index (χ4v) is 4.14. The number of nitrogens with one attached hydrogen (secondary N) is 1. The van der Waals surface area contributed by atoms with Gasteiger partial charge in [0.2, 0.25) is 5.91 Å². The van der Waals surface area contributed by atoms with Crippen LogP contribution in [0.25, 0.3) is 0 Å². The fraction of sp³-hybridized carbons (Fsp3) is 0.579. The Balaban J connectivity index is 1.49. The van der Waals surface area contributed by atoms with Crippen LogP contribution >= 0.6 is 0 Å². The summed E-state index contributed by atoms with van der Waals surface area (Å²) in [6.07, 6.45) is -0.132. The van der Waals surface area contributed by atoms with E-state index in [0.29, 0.717) is 13.1 Å². The highest BCUT2D eigenvalue weighted by molar-refractivity contribution is 5.90. The average Bonchev–Trinajstić information content (AvgIpc) is 3.22. The van der Waals surface area contributed by atoms with Crippen LogP contribution in [-0.2, 0) is 9.53 Å². The molecule has 0 spiro atoms. The Morgan fingerprint density at radius 2 is 1.72 bits per heavy atom. The van der Waals surface area contributed by atoms with Gasteiger partial charge in [-0.3, -0.25) is 9.69 Å². The zero-order valence-electron chi connectivity index (χ0n) is 16.4. The van der Waals surface area contributed by atoms with Crippen LogP contribution in [0.5, 0.6) is 0 Å². The lowest BCUT2D eigenvalue weighted by Crippen LogP contribution is -2.37. The zero-order valence-corrected chi connectivity index (χ0v) is 16.4. The van der Waals surface area contributed by atoms with Gasteiger partial charge < -0.3 is 15.0 Å². The van der Waals surface area contributed by atoms with Crippen molar-refractivity contribution < 1.29 is 23.1 Å². The summed E-state index contributed by atoms with van der Waals surface area (Å²) in [5, 5.41) is 7.04. The molecule has 158 valence electrons. The molecule has 1 aromatic rings. The second-order valence-corrected chi connectivity index (χ2v) is 7.56. The number of benzene rings is 1. The molecule has 0 aromatic heterocycles. The monoisotopic (exact) mass is 409 g/mol. The van der Waals surface area contributed by atoms with E-state index in [0.717, 1.165) is 32.6 Å². The molecule has 3 saturated heterocycles. The molecule has 2 amide bonds. The van der Waals surface area contributed by atoms with Crippen LogP contribution in [0, 0.1) is 11.6 Å². The van der Waals surface area contributed by atoms with E-state index in [1.54, 1.807) is 4.90 Å². The van der Waals surface area contributed by atoms with Crippen molar-refractivity contribution in [3.63, 3.8) is 0 Å². The molecule has 0 bridgehead atoms. The smallest absolute Gasteiger partial charge is 0.414 e. The number of hydrazine groups is 1. The molecule has 0 saturated carbocycles. The molecule has 3 heterocycles. The molecule has 29 heavy (non-hydrogen) atoms. The summed E-state index contributed by atoms with van der Waals surface area (Å²) in [5.41, 5.74) is 0.0525. The van der Waals surface area contributed by atoms with Crippen LogP contribution in [0.4, 0.5) is 25.0 Å². The highest BCUT2D eigenvalue weighted by Gasteiger charge is 2.34. The Bertz CT molecular complexity index is 771. The van der Waals surface area contributed by atoms with Gasteiger partial charge in [0.15, 0.2) is 11.6 Å². The lowest BCUT2D eigenvalue weighted by molar-refractivity contribution is -0.119. The van der Waals surface area contributed by atoms with E-state index in [-0.39, 0.29) is 30.4 Å². The van der Waals surface area contributed by atoms with Gasteiger partial charge >= 0.3 is 6.09 Å². The summed E-state index contributed by atoms with van der Waals surface area (Å²) >= 11 is 0. The molecule has 1 atom stereocenters. The summed E-state index contributed by atoms with van der Waals surface area (Å²) in [7, 11) is 0. The number of hydrogen-bond acceptors (Lipinski definition) is 6. The van der Waals surface area contributed by atoms with Crippen LogP contribution in [0.2, 0.25) is 0 Å². The number of carbonyl (C=O) groups excluding carboxylic acids is 2. The van der Waals surface area contributed by atoms with Gasteiger partial charge in [-0.2, -0.15) is 0 Å². The molecule has 8 nitrogen and oxygen atoms in total.